The summed E-state index contributed by atoms with van der Waals surface area (Å²) >= 11 is 0. The van der Waals surface area contributed by atoms with Gasteiger partial charge in [-0.15, -0.1) is 0 Å². The molecule has 3 aliphatic rings. The van der Waals surface area contributed by atoms with Crippen LogP contribution in [0, 0.1) is 0 Å². The van der Waals surface area contributed by atoms with Crippen molar-refractivity contribution in [1.29, 1.82) is 0 Å². The lowest BCUT2D eigenvalue weighted by molar-refractivity contribution is -0.160. The van der Waals surface area contributed by atoms with E-state index in [1.165, 1.54) is 12.8 Å². The third kappa shape index (κ3) is 5.31. The number of rotatable bonds is 5. The fourth-order valence-electron chi connectivity index (χ4n) is 3.58. The first-order valence-electron chi connectivity index (χ1n) is 9.71. The van der Waals surface area contributed by atoms with Crippen LogP contribution in [0.5, 0.6) is 0 Å². The number of carbonyl (C=O) groups is 1. The van der Waals surface area contributed by atoms with E-state index in [1.54, 1.807) is 19.0 Å². The zero-order valence-corrected chi connectivity index (χ0v) is 16.0. The van der Waals surface area contributed by atoms with E-state index >= 15 is 0 Å². The first-order chi connectivity index (χ1) is 12.6. The lowest BCUT2D eigenvalue weighted by Gasteiger charge is -2.26. The number of hydrogen-bond donors (Lipinski definition) is 2. The van der Waals surface area contributed by atoms with Gasteiger partial charge in [0.25, 0.3) is 0 Å². The quantitative estimate of drug-likeness (QED) is 0.542. The van der Waals surface area contributed by atoms with E-state index in [4.69, 9.17) is 14.2 Å². The Morgan fingerprint density at radius 1 is 1.23 bits per heavy atom. The van der Waals surface area contributed by atoms with Crippen molar-refractivity contribution in [1.82, 2.24) is 15.5 Å². The molecular weight excluding hydrogens is 336 g/mol. The minimum Gasteiger partial charge on any atom is -0.381 e. The number of guanidine groups is 1. The molecule has 3 rings (SSSR count). The Hall–Kier alpha value is -1.38. The van der Waals surface area contributed by atoms with Gasteiger partial charge >= 0.3 is 0 Å². The number of aliphatic imine (C=N–C) groups is 1. The number of ether oxygens (including phenoxy) is 3. The van der Waals surface area contributed by atoms with Crippen molar-refractivity contribution < 1.29 is 19.0 Å². The topological polar surface area (TPSA) is 84.4 Å². The molecule has 26 heavy (non-hydrogen) atoms. The van der Waals surface area contributed by atoms with Crippen molar-refractivity contribution in [3.8, 4) is 0 Å². The number of likely N-dealkylation sites (N-methyl/N-ethyl adjacent to an activating group) is 1. The first-order valence-corrected chi connectivity index (χ1v) is 9.71. The maximum Gasteiger partial charge on any atom is 0.243 e. The summed E-state index contributed by atoms with van der Waals surface area (Å²) in [6.45, 7) is 2.85. The molecule has 1 atom stereocenters. The molecule has 2 aliphatic heterocycles. The van der Waals surface area contributed by atoms with Crippen molar-refractivity contribution >= 4 is 11.9 Å². The van der Waals surface area contributed by atoms with Gasteiger partial charge in [0.2, 0.25) is 5.91 Å². The molecule has 0 aromatic carbocycles. The lowest BCUT2D eigenvalue weighted by Crippen LogP contribution is -2.48. The van der Waals surface area contributed by atoms with Gasteiger partial charge in [0.1, 0.15) is 12.6 Å². The molecule has 2 heterocycles. The van der Waals surface area contributed by atoms with E-state index in [-0.39, 0.29) is 24.3 Å². The zero-order valence-electron chi connectivity index (χ0n) is 16.0. The molecule has 1 saturated carbocycles. The summed E-state index contributed by atoms with van der Waals surface area (Å²) in [7, 11) is 3.48. The molecule has 2 saturated heterocycles. The molecule has 1 unspecified atom stereocenters. The van der Waals surface area contributed by atoms with Gasteiger partial charge in [-0.05, 0) is 25.7 Å². The summed E-state index contributed by atoms with van der Waals surface area (Å²) < 4.78 is 17.5. The highest BCUT2D eigenvalue weighted by atomic mass is 16.7. The Bertz CT molecular complexity index is 499. The SMILES string of the molecule is CN(C)C(=O)CN=C(NCC1COC2(CCCC2)O1)NC1CCOCC1. The van der Waals surface area contributed by atoms with E-state index in [1.807, 2.05) is 0 Å². The molecule has 3 fully saturated rings. The summed E-state index contributed by atoms with van der Waals surface area (Å²) in [6, 6.07) is 0.311. The molecule has 0 aromatic rings. The van der Waals surface area contributed by atoms with Gasteiger partial charge in [0, 0.05) is 52.7 Å². The van der Waals surface area contributed by atoms with Crippen molar-refractivity contribution in [2.45, 2.75) is 56.5 Å². The van der Waals surface area contributed by atoms with Crippen molar-refractivity contribution in [2.24, 2.45) is 4.99 Å². The third-order valence-corrected chi connectivity index (χ3v) is 5.21. The summed E-state index contributed by atoms with van der Waals surface area (Å²) in [4.78, 5) is 17.9. The summed E-state index contributed by atoms with van der Waals surface area (Å²) in [5.74, 6) is 0.282. The molecule has 1 aliphatic carbocycles. The normalized spacial score (nSPS) is 26.2. The number of nitrogens with one attached hydrogen (secondary N) is 2. The molecule has 2 N–H and O–H groups in total. The van der Waals surface area contributed by atoms with Crippen molar-refractivity contribution in [2.75, 3.05) is 47.0 Å². The predicted molar refractivity (Wildman–Crippen MR) is 98.0 cm³/mol. The molecule has 148 valence electrons. The largest absolute Gasteiger partial charge is 0.381 e. The van der Waals surface area contributed by atoms with E-state index in [9.17, 15) is 4.79 Å². The van der Waals surface area contributed by atoms with Crippen LogP contribution in [0.2, 0.25) is 0 Å². The van der Waals surface area contributed by atoms with E-state index in [0.29, 0.717) is 25.2 Å². The standard InChI is InChI=1S/C18H32N4O4/c1-22(2)16(23)12-20-17(21-14-5-9-24-10-6-14)19-11-15-13-25-18(26-15)7-3-4-8-18/h14-15H,3-13H2,1-2H3,(H2,19,20,21). The zero-order chi connectivity index (χ0) is 18.4. The Kier molecular flexibility index (Phi) is 6.72. The van der Waals surface area contributed by atoms with Crippen molar-refractivity contribution in [3.05, 3.63) is 0 Å². The molecule has 0 bridgehead atoms. The smallest absolute Gasteiger partial charge is 0.243 e. The van der Waals surface area contributed by atoms with Gasteiger partial charge in [0.05, 0.1) is 6.61 Å². The molecule has 8 nitrogen and oxygen atoms in total. The number of amides is 1. The average Bonchev–Trinajstić information content (AvgIpc) is 3.27. The molecule has 0 aromatic heterocycles. The Balaban J connectivity index is 1.52. The molecule has 1 amide bonds. The van der Waals surface area contributed by atoms with Gasteiger partial charge in [-0.25, -0.2) is 4.99 Å². The monoisotopic (exact) mass is 368 g/mol. The third-order valence-electron chi connectivity index (χ3n) is 5.21. The molecular formula is C18H32N4O4. The molecule has 1 spiro atoms. The van der Waals surface area contributed by atoms with Gasteiger partial charge in [-0.2, -0.15) is 0 Å². The van der Waals surface area contributed by atoms with Crippen LogP contribution < -0.4 is 10.6 Å². The highest BCUT2D eigenvalue weighted by Gasteiger charge is 2.43. The number of carbonyl (C=O) groups excluding carboxylic acids is 1. The highest BCUT2D eigenvalue weighted by Crippen LogP contribution is 2.38. The second-order valence-electron chi connectivity index (χ2n) is 7.53. The van der Waals surface area contributed by atoms with E-state index in [2.05, 4.69) is 15.6 Å². The second kappa shape index (κ2) is 9.01. The van der Waals surface area contributed by atoms with Crippen LogP contribution in [0.4, 0.5) is 0 Å². The minimum atomic E-state index is -0.349. The highest BCUT2D eigenvalue weighted by molar-refractivity contribution is 5.84. The fraction of sp³-hybridized carbons (Fsp3) is 0.889. The van der Waals surface area contributed by atoms with Crippen LogP contribution >= 0.6 is 0 Å². The summed E-state index contributed by atoms with van der Waals surface area (Å²) in [6.07, 6.45) is 6.21. The molecule has 0 radical (unpaired) electrons. The second-order valence-corrected chi connectivity index (χ2v) is 7.53. The van der Waals surface area contributed by atoms with E-state index < -0.39 is 0 Å². The van der Waals surface area contributed by atoms with Gasteiger partial charge in [-0.1, -0.05) is 0 Å². The first kappa shape index (κ1) is 19.4. The Morgan fingerprint density at radius 3 is 2.65 bits per heavy atom. The average molecular weight is 368 g/mol. The Labute approximate surface area is 155 Å². The Morgan fingerprint density at radius 2 is 1.96 bits per heavy atom. The predicted octanol–water partition coefficient (Wildman–Crippen LogP) is 0.475. The van der Waals surface area contributed by atoms with Crippen LogP contribution in [0.15, 0.2) is 4.99 Å². The van der Waals surface area contributed by atoms with Crippen molar-refractivity contribution in [3.63, 3.8) is 0 Å². The van der Waals surface area contributed by atoms with Crippen LogP contribution in [0.1, 0.15) is 38.5 Å². The van der Waals surface area contributed by atoms with Gasteiger partial charge in [0.15, 0.2) is 11.7 Å². The minimum absolute atomic E-state index is 0.0133. The lowest BCUT2D eigenvalue weighted by atomic mass is 10.1. The maximum absolute atomic E-state index is 11.9. The summed E-state index contributed by atoms with van der Waals surface area (Å²) in [5.41, 5.74) is 0. The maximum atomic E-state index is 11.9. The van der Waals surface area contributed by atoms with Crippen LogP contribution in [0.3, 0.4) is 0 Å². The molecule has 8 heteroatoms. The fourth-order valence-corrected chi connectivity index (χ4v) is 3.58. The van der Waals surface area contributed by atoms with Gasteiger partial charge in [-0.3, -0.25) is 4.79 Å². The summed E-state index contributed by atoms with van der Waals surface area (Å²) in [5, 5.41) is 6.76. The van der Waals surface area contributed by atoms with Gasteiger partial charge < -0.3 is 29.7 Å². The van der Waals surface area contributed by atoms with E-state index in [0.717, 1.165) is 38.9 Å². The van der Waals surface area contributed by atoms with Crippen LogP contribution in [0.25, 0.3) is 0 Å². The van der Waals surface area contributed by atoms with Crippen LogP contribution in [-0.2, 0) is 19.0 Å². The van der Waals surface area contributed by atoms with Crippen LogP contribution in [-0.4, -0.2) is 81.7 Å². The number of hydrogen-bond acceptors (Lipinski definition) is 5. The number of nitrogens with zero attached hydrogens (tertiary/aromatic N) is 2.